The molecule has 1 saturated heterocycles. The Bertz CT molecular complexity index is 544. The van der Waals surface area contributed by atoms with E-state index in [0.29, 0.717) is 19.6 Å². The molecule has 106 valence electrons. The number of amides is 2. The van der Waals surface area contributed by atoms with Crippen molar-refractivity contribution in [3.63, 3.8) is 0 Å². The minimum atomic E-state index is -0.234. The molecule has 0 aliphatic carbocycles. The van der Waals surface area contributed by atoms with Crippen LogP contribution in [-0.4, -0.2) is 36.9 Å². The average Bonchev–Trinajstić information content (AvgIpc) is 2.79. The maximum Gasteiger partial charge on any atom is 0.225 e. The molecule has 0 spiro atoms. The summed E-state index contributed by atoms with van der Waals surface area (Å²) in [7, 11) is 1.74. The van der Waals surface area contributed by atoms with Crippen molar-refractivity contribution in [2.75, 3.05) is 20.2 Å². The normalized spacial score (nSPS) is 25.1. The molecule has 2 aliphatic heterocycles. The number of nitrogens with one attached hydrogen (secondary N) is 1. The summed E-state index contributed by atoms with van der Waals surface area (Å²) in [5.41, 5.74) is 1.02. The molecule has 5 nitrogen and oxygen atoms in total. The first-order chi connectivity index (χ1) is 9.65. The van der Waals surface area contributed by atoms with Crippen LogP contribution in [0.5, 0.6) is 5.75 Å². The second-order valence-corrected chi connectivity index (χ2v) is 5.41. The highest BCUT2D eigenvalue weighted by molar-refractivity contribution is 5.89. The molecule has 3 rings (SSSR count). The Hall–Kier alpha value is -2.04. The van der Waals surface area contributed by atoms with Gasteiger partial charge in [-0.25, -0.2) is 0 Å². The van der Waals surface area contributed by atoms with Gasteiger partial charge in [0.25, 0.3) is 0 Å². The molecule has 2 aliphatic rings. The Morgan fingerprint density at radius 1 is 1.40 bits per heavy atom. The van der Waals surface area contributed by atoms with Gasteiger partial charge in [0.15, 0.2) is 0 Å². The zero-order valence-corrected chi connectivity index (χ0v) is 11.5. The van der Waals surface area contributed by atoms with Crippen LogP contribution in [0.15, 0.2) is 24.3 Å². The number of carbonyl (C=O) groups is 2. The van der Waals surface area contributed by atoms with Crippen LogP contribution in [0.3, 0.4) is 0 Å². The smallest absolute Gasteiger partial charge is 0.225 e. The van der Waals surface area contributed by atoms with Crippen LogP contribution in [0.25, 0.3) is 0 Å². The summed E-state index contributed by atoms with van der Waals surface area (Å²) in [4.78, 5) is 25.4. The third-order valence-corrected chi connectivity index (χ3v) is 3.99. The van der Waals surface area contributed by atoms with Gasteiger partial charge < -0.3 is 15.0 Å². The first-order valence-electron chi connectivity index (χ1n) is 6.91. The second-order valence-electron chi connectivity index (χ2n) is 5.41. The Labute approximate surface area is 117 Å². The van der Waals surface area contributed by atoms with Gasteiger partial charge in [-0.1, -0.05) is 18.2 Å². The number of ether oxygens (including phenoxy) is 1. The van der Waals surface area contributed by atoms with E-state index in [1.165, 1.54) is 0 Å². The molecule has 0 aromatic heterocycles. The number of benzene rings is 1. The fourth-order valence-electron chi connectivity index (χ4n) is 2.82. The van der Waals surface area contributed by atoms with Crippen molar-refractivity contribution < 1.29 is 14.3 Å². The molecule has 5 heteroatoms. The lowest BCUT2D eigenvalue weighted by atomic mass is 9.99. The van der Waals surface area contributed by atoms with Gasteiger partial charge in [0, 0.05) is 32.0 Å². The quantitative estimate of drug-likeness (QED) is 0.878. The fourth-order valence-corrected chi connectivity index (χ4v) is 2.82. The molecule has 0 bridgehead atoms. The summed E-state index contributed by atoms with van der Waals surface area (Å²) >= 11 is 0. The van der Waals surface area contributed by atoms with Crippen LogP contribution in [-0.2, 0) is 9.59 Å². The lowest BCUT2D eigenvalue weighted by Gasteiger charge is -2.27. The van der Waals surface area contributed by atoms with E-state index in [4.69, 9.17) is 4.74 Å². The first kappa shape index (κ1) is 13.0. The lowest BCUT2D eigenvalue weighted by Crippen LogP contribution is -2.37. The minimum absolute atomic E-state index is 0.0199. The molecule has 2 amide bonds. The van der Waals surface area contributed by atoms with Crippen LogP contribution in [0.2, 0.25) is 0 Å². The predicted molar refractivity (Wildman–Crippen MR) is 73.2 cm³/mol. The van der Waals surface area contributed by atoms with Crippen molar-refractivity contribution in [1.82, 2.24) is 10.2 Å². The molecular formula is C15H18N2O3. The highest BCUT2D eigenvalue weighted by Gasteiger charge is 2.34. The van der Waals surface area contributed by atoms with Gasteiger partial charge in [0.1, 0.15) is 5.75 Å². The first-order valence-corrected chi connectivity index (χ1v) is 6.91. The third kappa shape index (κ3) is 2.35. The van der Waals surface area contributed by atoms with Gasteiger partial charge in [-0.3, -0.25) is 9.59 Å². The Morgan fingerprint density at radius 2 is 2.20 bits per heavy atom. The third-order valence-electron chi connectivity index (χ3n) is 3.99. The lowest BCUT2D eigenvalue weighted by molar-refractivity contribution is -0.128. The van der Waals surface area contributed by atoms with E-state index in [2.05, 4.69) is 5.32 Å². The van der Waals surface area contributed by atoms with Crippen LogP contribution in [0, 0.1) is 5.92 Å². The molecule has 2 atom stereocenters. The minimum Gasteiger partial charge on any atom is -0.493 e. The summed E-state index contributed by atoms with van der Waals surface area (Å²) < 4.78 is 5.58. The van der Waals surface area contributed by atoms with Crippen molar-refractivity contribution in [1.29, 1.82) is 0 Å². The van der Waals surface area contributed by atoms with E-state index in [9.17, 15) is 9.59 Å². The van der Waals surface area contributed by atoms with Crippen LogP contribution >= 0.6 is 0 Å². The number of likely N-dealkylation sites (tertiary alicyclic amines) is 1. The molecule has 20 heavy (non-hydrogen) atoms. The van der Waals surface area contributed by atoms with Crippen molar-refractivity contribution >= 4 is 11.8 Å². The number of nitrogens with zero attached hydrogens (tertiary/aromatic N) is 1. The van der Waals surface area contributed by atoms with Crippen molar-refractivity contribution in [3.8, 4) is 5.75 Å². The standard InChI is InChI=1S/C15H18N2O3/c1-17-9-10(8-14(17)18)15(19)16-12-6-7-20-13-5-3-2-4-11(12)13/h2-5,10,12H,6-9H2,1H3,(H,16,19)/t10-,12+/m1/s1. The van der Waals surface area contributed by atoms with Gasteiger partial charge in [0.2, 0.25) is 11.8 Å². The molecule has 1 aromatic rings. The maximum atomic E-state index is 12.3. The van der Waals surface area contributed by atoms with Gasteiger partial charge in [-0.05, 0) is 6.07 Å². The monoisotopic (exact) mass is 274 g/mol. The maximum absolute atomic E-state index is 12.3. The van der Waals surface area contributed by atoms with Gasteiger partial charge in [0.05, 0.1) is 18.6 Å². The Balaban J connectivity index is 1.70. The van der Waals surface area contributed by atoms with E-state index in [1.54, 1.807) is 11.9 Å². The van der Waals surface area contributed by atoms with E-state index in [-0.39, 0.29) is 23.8 Å². The summed E-state index contributed by atoms with van der Waals surface area (Å²) in [6.45, 7) is 1.11. The van der Waals surface area contributed by atoms with E-state index >= 15 is 0 Å². The Morgan fingerprint density at radius 3 is 2.95 bits per heavy atom. The van der Waals surface area contributed by atoms with Gasteiger partial charge in [-0.2, -0.15) is 0 Å². The van der Waals surface area contributed by atoms with Gasteiger partial charge in [-0.15, -0.1) is 0 Å². The topological polar surface area (TPSA) is 58.6 Å². The summed E-state index contributed by atoms with van der Waals surface area (Å²) in [6, 6.07) is 7.74. The molecule has 1 fully saturated rings. The van der Waals surface area contributed by atoms with Crippen LogP contribution < -0.4 is 10.1 Å². The molecule has 2 heterocycles. The van der Waals surface area contributed by atoms with Crippen molar-refractivity contribution in [2.24, 2.45) is 5.92 Å². The average molecular weight is 274 g/mol. The zero-order valence-electron chi connectivity index (χ0n) is 11.5. The van der Waals surface area contributed by atoms with Crippen molar-refractivity contribution in [3.05, 3.63) is 29.8 Å². The van der Waals surface area contributed by atoms with Crippen LogP contribution in [0.4, 0.5) is 0 Å². The molecule has 1 N–H and O–H groups in total. The fraction of sp³-hybridized carbons (Fsp3) is 0.467. The molecular weight excluding hydrogens is 256 g/mol. The number of para-hydroxylation sites is 1. The predicted octanol–water partition coefficient (Wildman–Crippen LogP) is 1.10. The zero-order chi connectivity index (χ0) is 14.1. The molecule has 0 unspecified atom stereocenters. The summed E-state index contributed by atoms with van der Waals surface area (Å²) in [5, 5.41) is 3.06. The largest absolute Gasteiger partial charge is 0.493 e. The SMILES string of the molecule is CN1C[C@H](C(=O)N[C@H]2CCOc3ccccc32)CC1=O. The van der Waals surface area contributed by atoms with E-state index in [0.717, 1.165) is 17.7 Å². The second kappa shape index (κ2) is 5.15. The number of carbonyl (C=O) groups excluding carboxylic acids is 2. The van der Waals surface area contributed by atoms with Crippen molar-refractivity contribution in [2.45, 2.75) is 18.9 Å². The summed E-state index contributed by atoms with van der Waals surface area (Å²) in [5.74, 6) is 0.605. The summed E-state index contributed by atoms with van der Waals surface area (Å²) in [6.07, 6.45) is 1.08. The van der Waals surface area contributed by atoms with E-state index < -0.39 is 0 Å². The molecule has 0 radical (unpaired) electrons. The Kier molecular flexibility index (Phi) is 3.34. The highest BCUT2D eigenvalue weighted by Crippen LogP contribution is 2.32. The van der Waals surface area contributed by atoms with Gasteiger partial charge >= 0.3 is 0 Å². The molecule has 1 aromatic carbocycles. The number of rotatable bonds is 2. The van der Waals surface area contributed by atoms with Crippen LogP contribution in [0.1, 0.15) is 24.4 Å². The number of fused-ring (bicyclic) bond motifs is 1. The molecule has 0 saturated carbocycles. The number of hydrogen-bond donors (Lipinski definition) is 1. The highest BCUT2D eigenvalue weighted by atomic mass is 16.5. The van der Waals surface area contributed by atoms with E-state index in [1.807, 2.05) is 24.3 Å². The number of hydrogen-bond acceptors (Lipinski definition) is 3.